The normalized spacial score (nSPS) is 11.0. The lowest BCUT2D eigenvalue weighted by Crippen LogP contribution is -2.21. The molecule has 2 aromatic rings. The highest BCUT2D eigenvalue weighted by atomic mass is 16.2. The number of anilines is 1. The van der Waals surface area contributed by atoms with Crippen molar-refractivity contribution in [1.82, 2.24) is 10.4 Å². The summed E-state index contributed by atoms with van der Waals surface area (Å²) in [7, 11) is 0. The van der Waals surface area contributed by atoms with Gasteiger partial charge in [-0.3, -0.25) is 9.59 Å². The molecule has 0 fully saturated rings. The van der Waals surface area contributed by atoms with Crippen LogP contribution in [0.5, 0.6) is 0 Å². The van der Waals surface area contributed by atoms with Crippen LogP contribution in [0.4, 0.5) is 5.82 Å². The van der Waals surface area contributed by atoms with Crippen LogP contribution >= 0.6 is 0 Å². The van der Waals surface area contributed by atoms with Gasteiger partial charge >= 0.3 is 0 Å². The van der Waals surface area contributed by atoms with Crippen molar-refractivity contribution in [3.8, 4) is 0 Å². The largest absolute Gasteiger partial charge is 0.310 e. The topological polar surface area (TPSA) is 83.4 Å². The van der Waals surface area contributed by atoms with Crippen molar-refractivity contribution in [3.05, 3.63) is 59.8 Å². The van der Waals surface area contributed by atoms with Crippen molar-refractivity contribution in [2.24, 2.45) is 5.10 Å². The minimum atomic E-state index is -0.307. The highest BCUT2D eigenvalue weighted by Gasteiger charge is 2.07. The molecule has 0 atom stereocenters. The van der Waals surface area contributed by atoms with E-state index in [0.717, 1.165) is 5.56 Å². The third-order valence-electron chi connectivity index (χ3n) is 2.98. The van der Waals surface area contributed by atoms with Crippen LogP contribution < -0.4 is 10.7 Å². The second kappa shape index (κ2) is 7.84. The number of aryl methyl sites for hydroxylation is 1. The van der Waals surface area contributed by atoms with E-state index >= 15 is 0 Å². The van der Waals surface area contributed by atoms with E-state index in [2.05, 4.69) is 20.8 Å². The molecule has 0 unspecified atom stereocenters. The first-order valence-corrected chi connectivity index (χ1v) is 7.15. The Labute approximate surface area is 134 Å². The smallest absolute Gasteiger partial charge is 0.271 e. The molecular formula is C17H18N4O2. The minimum absolute atomic E-state index is 0.0741. The predicted octanol–water partition coefficient (Wildman–Crippen LogP) is 2.52. The fourth-order valence-corrected chi connectivity index (χ4v) is 1.89. The van der Waals surface area contributed by atoms with Crippen LogP contribution in [0.3, 0.4) is 0 Å². The van der Waals surface area contributed by atoms with Gasteiger partial charge in [-0.2, -0.15) is 5.10 Å². The highest BCUT2D eigenvalue weighted by molar-refractivity contribution is 6.05. The number of hydrazone groups is 1. The number of nitrogens with one attached hydrogen (secondary N) is 2. The SMILES string of the molecule is C/C(CC(=O)Nc1ccccn1)=N/NC(=O)c1cccc(C)c1. The van der Waals surface area contributed by atoms with Gasteiger partial charge in [-0.1, -0.05) is 23.8 Å². The fourth-order valence-electron chi connectivity index (χ4n) is 1.89. The molecule has 2 rings (SSSR count). The summed E-state index contributed by atoms with van der Waals surface area (Å²) < 4.78 is 0. The number of carbonyl (C=O) groups is 2. The Morgan fingerprint density at radius 2 is 2.00 bits per heavy atom. The van der Waals surface area contributed by atoms with Gasteiger partial charge in [0.25, 0.3) is 5.91 Å². The summed E-state index contributed by atoms with van der Waals surface area (Å²) in [4.78, 5) is 27.8. The van der Waals surface area contributed by atoms with Gasteiger partial charge < -0.3 is 5.32 Å². The summed E-state index contributed by atoms with van der Waals surface area (Å²) in [5, 5.41) is 6.60. The van der Waals surface area contributed by atoms with Gasteiger partial charge in [-0.15, -0.1) is 0 Å². The molecule has 6 heteroatoms. The first kappa shape index (κ1) is 16.4. The van der Waals surface area contributed by atoms with Crippen molar-refractivity contribution in [1.29, 1.82) is 0 Å². The highest BCUT2D eigenvalue weighted by Crippen LogP contribution is 2.04. The third-order valence-corrected chi connectivity index (χ3v) is 2.98. The summed E-state index contributed by atoms with van der Waals surface area (Å²) in [6.07, 6.45) is 1.67. The van der Waals surface area contributed by atoms with Gasteiger partial charge in [-0.05, 0) is 38.1 Å². The Morgan fingerprint density at radius 1 is 1.17 bits per heavy atom. The fraction of sp³-hybridized carbons (Fsp3) is 0.176. The number of benzene rings is 1. The van der Waals surface area contributed by atoms with E-state index in [0.29, 0.717) is 17.1 Å². The van der Waals surface area contributed by atoms with E-state index in [9.17, 15) is 9.59 Å². The minimum Gasteiger partial charge on any atom is -0.310 e. The maximum absolute atomic E-state index is 11.9. The van der Waals surface area contributed by atoms with E-state index in [4.69, 9.17) is 0 Å². The third kappa shape index (κ3) is 5.35. The van der Waals surface area contributed by atoms with Crippen LogP contribution in [0.1, 0.15) is 29.3 Å². The first-order valence-electron chi connectivity index (χ1n) is 7.15. The van der Waals surface area contributed by atoms with E-state index in [1.54, 1.807) is 49.5 Å². The van der Waals surface area contributed by atoms with Crippen molar-refractivity contribution >= 4 is 23.3 Å². The molecule has 0 saturated carbocycles. The van der Waals surface area contributed by atoms with Crippen LogP contribution in [-0.2, 0) is 4.79 Å². The molecule has 118 valence electrons. The number of nitrogens with zero attached hydrogens (tertiary/aromatic N) is 2. The first-order chi connectivity index (χ1) is 11.0. The number of pyridine rings is 1. The molecule has 0 bridgehead atoms. The monoisotopic (exact) mass is 310 g/mol. The van der Waals surface area contributed by atoms with E-state index < -0.39 is 0 Å². The quantitative estimate of drug-likeness (QED) is 0.657. The molecule has 0 aliphatic heterocycles. The average molecular weight is 310 g/mol. The number of carbonyl (C=O) groups excluding carboxylic acids is 2. The number of hydrogen-bond donors (Lipinski definition) is 2. The van der Waals surface area contributed by atoms with E-state index in [-0.39, 0.29) is 18.2 Å². The number of hydrogen-bond acceptors (Lipinski definition) is 4. The van der Waals surface area contributed by atoms with Crippen molar-refractivity contribution in [2.45, 2.75) is 20.3 Å². The summed E-state index contributed by atoms with van der Waals surface area (Å²) in [5.41, 5.74) is 4.47. The zero-order valence-electron chi connectivity index (χ0n) is 13.0. The molecule has 23 heavy (non-hydrogen) atoms. The molecule has 2 amide bonds. The Balaban J connectivity index is 1.87. The molecule has 1 aromatic carbocycles. The van der Waals surface area contributed by atoms with E-state index in [1.807, 2.05) is 13.0 Å². The molecule has 2 N–H and O–H groups in total. The number of rotatable bonds is 5. The molecule has 0 aliphatic carbocycles. The Kier molecular flexibility index (Phi) is 5.57. The summed E-state index contributed by atoms with van der Waals surface area (Å²) in [6, 6.07) is 12.4. The maximum Gasteiger partial charge on any atom is 0.271 e. The number of amides is 2. The van der Waals surface area contributed by atoms with Crippen LogP contribution in [0.25, 0.3) is 0 Å². The second-order valence-corrected chi connectivity index (χ2v) is 5.10. The van der Waals surface area contributed by atoms with Crippen LogP contribution in [0, 0.1) is 6.92 Å². The molecule has 0 saturated heterocycles. The van der Waals surface area contributed by atoms with Gasteiger partial charge in [0.2, 0.25) is 5.91 Å². The Hall–Kier alpha value is -3.02. The van der Waals surface area contributed by atoms with E-state index in [1.165, 1.54) is 0 Å². The van der Waals surface area contributed by atoms with Gasteiger partial charge in [-0.25, -0.2) is 10.4 Å². The molecule has 0 radical (unpaired) electrons. The zero-order chi connectivity index (χ0) is 16.7. The van der Waals surface area contributed by atoms with Gasteiger partial charge in [0.05, 0.1) is 6.42 Å². The predicted molar refractivity (Wildman–Crippen MR) is 89.2 cm³/mol. The summed E-state index contributed by atoms with van der Waals surface area (Å²) >= 11 is 0. The second-order valence-electron chi connectivity index (χ2n) is 5.10. The van der Waals surface area contributed by atoms with Crippen molar-refractivity contribution in [2.75, 3.05) is 5.32 Å². The maximum atomic E-state index is 11.9. The van der Waals surface area contributed by atoms with Crippen molar-refractivity contribution in [3.63, 3.8) is 0 Å². The molecule has 1 aromatic heterocycles. The zero-order valence-corrected chi connectivity index (χ0v) is 13.0. The lowest BCUT2D eigenvalue weighted by molar-refractivity contribution is -0.115. The Bertz CT molecular complexity index is 726. The van der Waals surface area contributed by atoms with Gasteiger partial charge in [0.15, 0.2) is 0 Å². The molecule has 0 aliphatic rings. The lowest BCUT2D eigenvalue weighted by Gasteiger charge is -2.05. The van der Waals surface area contributed by atoms with Crippen LogP contribution in [0.15, 0.2) is 53.8 Å². The molecule has 6 nitrogen and oxygen atoms in total. The number of aromatic nitrogens is 1. The molecule has 0 spiro atoms. The molecular weight excluding hydrogens is 292 g/mol. The van der Waals surface area contributed by atoms with Gasteiger partial charge in [0.1, 0.15) is 5.82 Å². The van der Waals surface area contributed by atoms with Crippen LogP contribution in [-0.4, -0.2) is 22.5 Å². The lowest BCUT2D eigenvalue weighted by atomic mass is 10.1. The van der Waals surface area contributed by atoms with Crippen molar-refractivity contribution < 1.29 is 9.59 Å². The van der Waals surface area contributed by atoms with Gasteiger partial charge in [0, 0.05) is 17.5 Å². The Morgan fingerprint density at radius 3 is 2.70 bits per heavy atom. The average Bonchev–Trinajstić information content (AvgIpc) is 2.53. The summed E-state index contributed by atoms with van der Waals surface area (Å²) in [6.45, 7) is 3.59. The van der Waals surface area contributed by atoms with Crippen LogP contribution in [0.2, 0.25) is 0 Å². The standard InChI is InChI=1S/C17H18N4O2/c1-12-6-5-7-14(10-12)17(23)21-20-13(2)11-16(22)19-15-8-3-4-9-18-15/h3-10H,11H2,1-2H3,(H,21,23)(H,18,19,22)/b20-13-. The molecule has 1 heterocycles. The summed E-state index contributed by atoms with van der Waals surface area (Å²) in [5.74, 6) is -0.0676.